The van der Waals surface area contributed by atoms with Crippen LogP contribution in [-0.4, -0.2) is 39.4 Å². The van der Waals surface area contributed by atoms with Gasteiger partial charge in [0, 0.05) is 12.7 Å². The highest BCUT2D eigenvalue weighted by Crippen LogP contribution is 2.20. The van der Waals surface area contributed by atoms with Crippen LogP contribution in [0.2, 0.25) is 0 Å². The lowest BCUT2D eigenvalue weighted by atomic mass is 10.1. The molecule has 7 heteroatoms. The standard InChI is InChI=1S/C14H20N2O4S/c1-3-11(8-10-9-19-14(15)16-10)20-12-4-6-13(7-5-12)21(2,17)18/h4-7,10-11H,3,8-9H2,1-2H3,(H2,15,16). The van der Waals surface area contributed by atoms with Crippen molar-refractivity contribution in [3.63, 3.8) is 0 Å². The molecule has 0 aromatic heterocycles. The predicted octanol–water partition coefficient (Wildman–Crippen LogP) is 1.35. The van der Waals surface area contributed by atoms with Gasteiger partial charge < -0.3 is 15.2 Å². The fraction of sp³-hybridized carbons (Fsp3) is 0.500. The Morgan fingerprint density at radius 3 is 2.57 bits per heavy atom. The molecule has 1 aliphatic rings. The van der Waals surface area contributed by atoms with E-state index in [9.17, 15) is 8.42 Å². The van der Waals surface area contributed by atoms with Gasteiger partial charge in [-0.25, -0.2) is 13.4 Å². The summed E-state index contributed by atoms with van der Waals surface area (Å²) < 4.78 is 33.8. The summed E-state index contributed by atoms with van der Waals surface area (Å²) in [6.45, 7) is 2.51. The van der Waals surface area contributed by atoms with Gasteiger partial charge in [0.25, 0.3) is 6.02 Å². The van der Waals surface area contributed by atoms with Crippen LogP contribution < -0.4 is 10.5 Å². The molecule has 6 nitrogen and oxygen atoms in total. The molecule has 116 valence electrons. The first-order chi connectivity index (χ1) is 9.88. The molecule has 21 heavy (non-hydrogen) atoms. The summed E-state index contributed by atoms with van der Waals surface area (Å²) in [6.07, 6.45) is 2.70. The summed E-state index contributed by atoms with van der Waals surface area (Å²) in [4.78, 5) is 4.46. The van der Waals surface area contributed by atoms with Gasteiger partial charge >= 0.3 is 0 Å². The van der Waals surface area contributed by atoms with Crippen molar-refractivity contribution in [1.29, 1.82) is 0 Å². The molecule has 0 fully saturated rings. The van der Waals surface area contributed by atoms with Crippen molar-refractivity contribution in [2.75, 3.05) is 12.9 Å². The Morgan fingerprint density at radius 1 is 1.43 bits per heavy atom. The molecule has 0 spiro atoms. The van der Waals surface area contributed by atoms with Crippen molar-refractivity contribution in [2.24, 2.45) is 10.7 Å². The fourth-order valence-electron chi connectivity index (χ4n) is 2.12. The third-order valence-electron chi connectivity index (χ3n) is 3.28. The molecular weight excluding hydrogens is 292 g/mol. The minimum Gasteiger partial charge on any atom is -0.490 e. The fourth-order valence-corrected chi connectivity index (χ4v) is 2.75. The minimum absolute atomic E-state index is 0.0164. The van der Waals surface area contributed by atoms with E-state index in [4.69, 9.17) is 15.2 Å². The highest BCUT2D eigenvalue weighted by Gasteiger charge is 2.22. The number of benzene rings is 1. The Kier molecular flexibility index (Phi) is 4.72. The summed E-state index contributed by atoms with van der Waals surface area (Å²) in [5, 5.41) is 0. The third-order valence-corrected chi connectivity index (χ3v) is 4.41. The van der Waals surface area contributed by atoms with Crippen molar-refractivity contribution in [3.8, 4) is 5.75 Å². The Bertz CT molecular complexity index is 610. The Labute approximate surface area is 124 Å². The Morgan fingerprint density at radius 2 is 2.10 bits per heavy atom. The first-order valence-corrected chi connectivity index (χ1v) is 8.70. The maximum absolute atomic E-state index is 11.4. The van der Waals surface area contributed by atoms with Crippen LogP contribution in [0.4, 0.5) is 0 Å². The van der Waals surface area contributed by atoms with E-state index in [1.54, 1.807) is 24.3 Å². The lowest BCUT2D eigenvalue weighted by molar-refractivity contribution is 0.168. The molecule has 2 N–H and O–H groups in total. The number of nitrogens with two attached hydrogens (primary N) is 1. The summed E-state index contributed by atoms with van der Waals surface area (Å²) >= 11 is 0. The van der Waals surface area contributed by atoms with E-state index in [1.807, 2.05) is 6.92 Å². The van der Waals surface area contributed by atoms with Crippen LogP contribution in [0.5, 0.6) is 5.75 Å². The topological polar surface area (TPSA) is 91.0 Å². The van der Waals surface area contributed by atoms with Gasteiger partial charge in [0.15, 0.2) is 9.84 Å². The van der Waals surface area contributed by atoms with E-state index in [0.29, 0.717) is 18.8 Å². The highest BCUT2D eigenvalue weighted by atomic mass is 32.2. The van der Waals surface area contributed by atoms with Crippen molar-refractivity contribution >= 4 is 15.9 Å². The van der Waals surface area contributed by atoms with Gasteiger partial charge in [-0.05, 0) is 30.7 Å². The summed E-state index contributed by atoms with van der Waals surface area (Å²) in [7, 11) is -3.18. The second kappa shape index (κ2) is 6.34. The van der Waals surface area contributed by atoms with E-state index >= 15 is 0 Å². The molecule has 0 bridgehead atoms. The molecule has 2 unspecified atom stereocenters. The number of rotatable bonds is 6. The van der Waals surface area contributed by atoms with Crippen LogP contribution in [0.1, 0.15) is 19.8 Å². The van der Waals surface area contributed by atoms with Crippen LogP contribution in [0.15, 0.2) is 34.2 Å². The van der Waals surface area contributed by atoms with Crippen LogP contribution in [0.25, 0.3) is 0 Å². The number of amidine groups is 1. The first kappa shape index (κ1) is 15.6. The number of hydrogen-bond donors (Lipinski definition) is 1. The van der Waals surface area contributed by atoms with E-state index in [1.165, 1.54) is 6.26 Å². The highest BCUT2D eigenvalue weighted by molar-refractivity contribution is 7.90. The minimum atomic E-state index is -3.18. The zero-order chi connectivity index (χ0) is 15.5. The first-order valence-electron chi connectivity index (χ1n) is 6.81. The molecule has 0 radical (unpaired) electrons. The van der Waals surface area contributed by atoms with Gasteiger partial charge in [-0.2, -0.15) is 0 Å². The van der Waals surface area contributed by atoms with Crippen LogP contribution >= 0.6 is 0 Å². The van der Waals surface area contributed by atoms with Crippen molar-refractivity contribution in [2.45, 2.75) is 36.8 Å². The largest absolute Gasteiger partial charge is 0.490 e. The van der Waals surface area contributed by atoms with Gasteiger partial charge in [0.05, 0.1) is 10.9 Å². The zero-order valence-corrected chi connectivity index (χ0v) is 13.0. The number of sulfone groups is 1. The Hall–Kier alpha value is -1.76. The van der Waals surface area contributed by atoms with Crippen molar-refractivity contribution in [3.05, 3.63) is 24.3 Å². The summed E-state index contributed by atoms with van der Waals surface area (Å²) in [5.74, 6) is 0.644. The van der Waals surface area contributed by atoms with E-state index in [0.717, 1.165) is 6.42 Å². The molecular formula is C14H20N2O4S. The second-order valence-corrected chi connectivity index (χ2v) is 7.08. The monoisotopic (exact) mass is 312 g/mol. The molecule has 0 aliphatic carbocycles. The third kappa shape index (κ3) is 4.35. The number of hydrogen-bond acceptors (Lipinski definition) is 6. The SMILES string of the molecule is CCC(CC1COC(N)=N1)Oc1ccc(S(C)(=O)=O)cc1. The average Bonchev–Trinajstić information content (AvgIpc) is 2.83. The maximum atomic E-state index is 11.4. The van der Waals surface area contributed by atoms with Crippen LogP contribution in [-0.2, 0) is 14.6 Å². The van der Waals surface area contributed by atoms with Gasteiger partial charge in [0.2, 0.25) is 0 Å². The summed E-state index contributed by atoms with van der Waals surface area (Å²) in [5.41, 5.74) is 5.48. The molecule has 1 heterocycles. The molecule has 2 atom stereocenters. The van der Waals surface area contributed by atoms with Gasteiger partial charge in [0.1, 0.15) is 18.5 Å². The lowest BCUT2D eigenvalue weighted by Gasteiger charge is -2.19. The number of nitrogens with zero attached hydrogens (tertiary/aromatic N) is 1. The number of aliphatic imine (C=N–C) groups is 1. The van der Waals surface area contributed by atoms with Gasteiger partial charge in [-0.1, -0.05) is 6.92 Å². The van der Waals surface area contributed by atoms with Crippen LogP contribution in [0.3, 0.4) is 0 Å². The van der Waals surface area contributed by atoms with Crippen molar-refractivity contribution < 1.29 is 17.9 Å². The predicted molar refractivity (Wildman–Crippen MR) is 80.2 cm³/mol. The van der Waals surface area contributed by atoms with E-state index in [-0.39, 0.29) is 23.1 Å². The maximum Gasteiger partial charge on any atom is 0.282 e. The lowest BCUT2D eigenvalue weighted by Crippen LogP contribution is -2.22. The van der Waals surface area contributed by atoms with Gasteiger partial charge in [-0.15, -0.1) is 0 Å². The van der Waals surface area contributed by atoms with E-state index in [2.05, 4.69) is 4.99 Å². The average molecular weight is 312 g/mol. The van der Waals surface area contributed by atoms with Gasteiger partial charge in [-0.3, -0.25) is 0 Å². The molecule has 0 saturated heterocycles. The van der Waals surface area contributed by atoms with Crippen LogP contribution in [0, 0.1) is 0 Å². The molecule has 0 saturated carbocycles. The number of ether oxygens (including phenoxy) is 2. The Balaban J connectivity index is 1.98. The quantitative estimate of drug-likeness (QED) is 0.856. The normalized spacial score (nSPS) is 19.7. The molecule has 1 aliphatic heterocycles. The zero-order valence-electron chi connectivity index (χ0n) is 12.2. The molecule has 2 rings (SSSR count). The molecule has 1 aromatic rings. The molecule has 1 aromatic carbocycles. The second-order valence-electron chi connectivity index (χ2n) is 5.06. The van der Waals surface area contributed by atoms with E-state index < -0.39 is 9.84 Å². The summed E-state index contributed by atoms with van der Waals surface area (Å²) in [6, 6.07) is 6.68. The van der Waals surface area contributed by atoms with Crippen molar-refractivity contribution in [1.82, 2.24) is 0 Å². The molecule has 0 amide bonds. The smallest absolute Gasteiger partial charge is 0.282 e.